The fourth-order valence-electron chi connectivity index (χ4n) is 7.17. The van der Waals surface area contributed by atoms with Crippen molar-refractivity contribution in [1.29, 1.82) is 0 Å². The van der Waals surface area contributed by atoms with Gasteiger partial charge in [-0.3, -0.25) is 4.79 Å². The summed E-state index contributed by atoms with van der Waals surface area (Å²) in [5.74, 6) is 0.167. The average Bonchev–Trinajstić information content (AvgIpc) is 3.41. The molecule has 6 rings (SSSR count). The molecule has 15 nitrogen and oxygen atoms in total. The summed E-state index contributed by atoms with van der Waals surface area (Å²) in [6.07, 6.45) is 9.18. The Balaban J connectivity index is 1.13. The van der Waals surface area contributed by atoms with Gasteiger partial charge in [-0.05, 0) is 142 Å². The summed E-state index contributed by atoms with van der Waals surface area (Å²) >= 11 is 1.57. The first-order valence-electron chi connectivity index (χ1n) is 24.4. The first kappa shape index (κ1) is 55.5. The van der Waals surface area contributed by atoms with Crippen molar-refractivity contribution in [2.24, 2.45) is 0 Å². The van der Waals surface area contributed by atoms with E-state index in [0.717, 1.165) is 68.4 Å². The molecule has 6 aromatic rings. The number of nitrogens with zero attached hydrogens (tertiary/aromatic N) is 2. The van der Waals surface area contributed by atoms with E-state index < -0.39 is 23.9 Å². The Bertz CT molecular complexity index is 2830. The van der Waals surface area contributed by atoms with Crippen LogP contribution in [0.3, 0.4) is 0 Å². The molecule has 0 radical (unpaired) electrons. The second-order valence-corrected chi connectivity index (χ2v) is 17.7. The predicted octanol–water partition coefficient (Wildman–Crippen LogP) is 11.4. The first-order valence-corrected chi connectivity index (χ1v) is 25.4. The minimum absolute atomic E-state index is 0.137. The lowest BCUT2D eigenvalue weighted by atomic mass is 10.0. The van der Waals surface area contributed by atoms with Crippen LogP contribution in [0.2, 0.25) is 0 Å². The summed E-state index contributed by atoms with van der Waals surface area (Å²) in [5, 5.41) is 0. The van der Waals surface area contributed by atoms with Crippen molar-refractivity contribution < 1.29 is 61.9 Å². The van der Waals surface area contributed by atoms with Crippen LogP contribution in [0.5, 0.6) is 23.0 Å². The number of hydrogen-bond donors (Lipinski definition) is 0. The number of carbonyl (C=O) groups is 5. The molecule has 0 spiro atoms. The van der Waals surface area contributed by atoms with Crippen molar-refractivity contribution >= 4 is 52.6 Å². The summed E-state index contributed by atoms with van der Waals surface area (Å²) in [4.78, 5) is 71.5. The van der Waals surface area contributed by atoms with E-state index in [1.54, 1.807) is 96.7 Å². The van der Waals surface area contributed by atoms with Gasteiger partial charge in [-0.15, -0.1) is 11.8 Å². The zero-order chi connectivity index (χ0) is 52.3. The number of unbranched alkanes of at least 4 members (excludes halogenated alkanes) is 6. The molecule has 0 amide bonds. The van der Waals surface area contributed by atoms with Gasteiger partial charge in [0.25, 0.3) is 0 Å². The van der Waals surface area contributed by atoms with Gasteiger partial charge in [0.15, 0.2) is 0 Å². The molecule has 386 valence electrons. The fraction of sp³-hybridized carbons (Fsp3) is 0.293. The number of hydrogen-bond acceptors (Lipinski definition) is 16. The van der Waals surface area contributed by atoms with E-state index >= 15 is 0 Å². The highest BCUT2D eigenvalue weighted by Crippen LogP contribution is 2.35. The predicted molar refractivity (Wildman–Crippen MR) is 282 cm³/mol. The molecule has 0 aliphatic rings. The number of fused-ring (bicyclic) bond motifs is 1. The maximum absolute atomic E-state index is 13.4. The summed E-state index contributed by atoms with van der Waals surface area (Å²) in [6.45, 7) is 10.8. The number of carbonyl (C=O) groups excluding carboxylic acids is 5. The third kappa shape index (κ3) is 18.7. The van der Waals surface area contributed by atoms with E-state index in [1.807, 2.05) is 30.3 Å². The van der Waals surface area contributed by atoms with E-state index in [1.165, 1.54) is 6.92 Å². The van der Waals surface area contributed by atoms with Gasteiger partial charge in [0.1, 0.15) is 29.6 Å². The van der Waals surface area contributed by atoms with Crippen molar-refractivity contribution in [2.75, 3.05) is 52.0 Å². The number of thioether (sulfide) groups is 1. The Kier molecular flexibility index (Phi) is 22.7. The van der Waals surface area contributed by atoms with Gasteiger partial charge >= 0.3 is 29.8 Å². The maximum atomic E-state index is 13.4. The Morgan fingerprint density at radius 3 is 1.49 bits per heavy atom. The van der Waals surface area contributed by atoms with Gasteiger partial charge in [0.2, 0.25) is 0 Å². The number of ether oxygens (including phenoxy) is 8. The second kappa shape index (κ2) is 30.3. The highest BCUT2D eigenvalue weighted by molar-refractivity contribution is 7.99. The molecular formula is C58H60N2O13S. The Morgan fingerprint density at radius 1 is 0.486 bits per heavy atom. The molecular weight excluding hydrogens is 965 g/mol. The zero-order valence-corrected chi connectivity index (χ0v) is 42.3. The van der Waals surface area contributed by atoms with Crippen LogP contribution in [0.1, 0.15) is 79.0 Å². The van der Waals surface area contributed by atoms with Gasteiger partial charge in [-0.1, -0.05) is 37.4 Å². The maximum Gasteiger partial charge on any atom is 0.343 e. The molecule has 0 fully saturated rings. The highest BCUT2D eigenvalue weighted by atomic mass is 32.2. The van der Waals surface area contributed by atoms with E-state index in [-0.39, 0.29) is 24.9 Å². The van der Waals surface area contributed by atoms with Crippen LogP contribution in [0, 0.1) is 0 Å². The molecule has 1 aromatic heterocycles. The average molecular weight is 1030 g/mol. The lowest BCUT2D eigenvalue weighted by Crippen LogP contribution is -2.09. The summed E-state index contributed by atoms with van der Waals surface area (Å²) in [7, 11) is 0. The smallest absolute Gasteiger partial charge is 0.343 e. The largest absolute Gasteiger partial charge is 0.494 e. The molecule has 5 aromatic carbocycles. The summed E-state index contributed by atoms with van der Waals surface area (Å²) in [5.41, 5.74) is 4.16. The number of rotatable bonds is 31. The third-order valence-corrected chi connectivity index (χ3v) is 11.9. The van der Waals surface area contributed by atoms with Crippen molar-refractivity contribution in [1.82, 2.24) is 9.97 Å². The highest BCUT2D eigenvalue weighted by Gasteiger charge is 2.18. The van der Waals surface area contributed by atoms with Gasteiger partial charge < -0.3 is 37.9 Å². The fourth-order valence-corrected chi connectivity index (χ4v) is 7.97. The molecule has 0 aliphatic carbocycles. The van der Waals surface area contributed by atoms with Crippen LogP contribution in [0.25, 0.3) is 33.5 Å². The molecule has 0 atom stereocenters. The topological polar surface area (TPSA) is 185 Å². The van der Waals surface area contributed by atoms with Crippen molar-refractivity contribution in [3.8, 4) is 45.5 Å². The molecule has 0 unspecified atom stereocenters. The Hall–Kier alpha value is -7.82. The molecule has 0 saturated heterocycles. The summed E-state index contributed by atoms with van der Waals surface area (Å²) in [6, 6.07) is 33.4. The second-order valence-electron chi connectivity index (χ2n) is 16.5. The van der Waals surface area contributed by atoms with Crippen LogP contribution in [-0.4, -0.2) is 91.8 Å². The van der Waals surface area contributed by atoms with Crippen molar-refractivity contribution in [3.05, 3.63) is 152 Å². The van der Waals surface area contributed by atoms with E-state index in [0.29, 0.717) is 101 Å². The van der Waals surface area contributed by atoms with Gasteiger partial charge in [0, 0.05) is 40.9 Å². The zero-order valence-electron chi connectivity index (χ0n) is 41.5. The lowest BCUT2D eigenvalue weighted by Gasteiger charge is -2.14. The lowest BCUT2D eigenvalue weighted by molar-refractivity contribution is -0.141. The number of benzene rings is 5. The van der Waals surface area contributed by atoms with E-state index in [9.17, 15) is 24.0 Å². The van der Waals surface area contributed by atoms with Crippen molar-refractivity contribution in [3.63, 3.8) is 0 Å². The molecule has 0 saturated carbocycles. The van der Waals surface area contributed by atoms with Crippen LogP contribution in [-0.2, 0) is 33.3 Å². The van der Waals surface area contributed by atoms with E-state index in [2.05, 4.69) is 13.2 Å². The molecule has 0 N–H and O–H groups in total. The Labute approximate surface area is 435 Å². The minimum atomic E-state index is -0.559. The van der Waals surface area contributed by atoms with Crippen molar-refractivity contribution in [2.45, 2.75) is 63.2 Å². The van der Waals surface area contributed by atoms with Gasteiger partial charge in [-0.2, -0.15) is 0 Å². The minimum Gasteiger partial charge on any atom is -0.494 e. The van der Waals surface area contributed by atoms with Gasteiger partial charge in [0.05, 0.1) is 73.2 Å². The van der Waals surface area contributed by atoms with Crippen LogP contribution >= 0.6 is 11.8 Å². The number of esters is 5. The molecule has 0 aliphatic heterocycles. The molecule has 1 heterocycles. The van der Waals surface area contributed by atoms with E-state index in [4.69, 9.17) is 47.9 Å². The van der Waals surface area contributed by atoms with Gasteiger partial charge in [-0.25, -0.2) is 29.1 Å². The monoisotopic (exact) mass is 1020 g/mol. The SMILES string of the molecule is C=CC(=O)OCCCCCCOc1ccc(C(=O)Oc2cccc(-c3nc4cc(SCCOCCOC(=O)C=C)ccc4nc3-c3cccc(OC(=O)c4ccc(OCCCCCCOC(C)=O)cc4)c3)c2)cc1. The Morgan fingerprint density at radius 2 is 0.973 bits per heavy atom. The third-order valence-electron chi connectivity index (χ3n) is 10.9. The molecule has 16 heteroatoms. The standard InChI is InChI=1S/C58H60N2O13S/c1-4-53(62)70-33-13-9-8-12-32-69-47-26-22-43(23-27-47)58(65)73-49-19-15-17-45(39-49)56-55(59-51-29-28-50(40-52(51)60-56)74-37-36-66-34-35-71-54(63)5-2)44-16-14-18-48(38-44)72-57(64)42-20-24-46(25-21-42)68-31-11-7-6-10-30-67-41(3)61/h4-5,14-29,38-40H,1-2,6-13,30-37H2,3H3. The quantitative estimate of drug-likeness (QED) is 0.00999. The first-order chi connectivity index (χ1) is 36.1. The van der Waals surface area contributed by atoms with Crippen LogP contribution in [0.4, 0.5) is 0 Å². The van der Waals surface area contributed by atoms with Crippen LogP contribution < -0.4 is 18.9 Å². The normalized spacial score (nSPS) is 10.8. The molecule has 74 heavy (non-hydrogen) atoms. The summed E-state index contributed by atoms with van der Waals surface area (Å²) < 4.78 is 44.1. The number of aromatic nitrogens is 2. The van der Waals surface area contributed by atoms with Crippen LogP contribution in [0.15, 0.2) is 145 Å². The molecule has 0 bridgehead atoms.